The number of hydrogen-bond donors (Lipinski definition) is 8. The van der Waals surface area contributed by atoms with Gasteiger partial charge in [-0.05, 0) is 108 Å². The number of alkyl carbamates (subject to hydrolysis) is 1. The van der Waals surface area contributed by atoms with Gasteiger partial charge in [-0.2, -0.15) is 0 Å². The van der Waals surface area contributed by atoms with Gasteiger partial charge in [0, 0.05) is 42.3 Å². The third-order valence-corrected chi connectivity index (χ3v) is 18.1. The quantitative estimate of drug-likeness (QED) is 0.0216. The van der Waals surface area contributed by atoms with Gasteiger partial charge in [0.15, 0.2) is 0 Å². The molecule has 10 aromatic rings. The van der Waals surface area contributed by atoms with Crippen LogP contribution in [0, 0.1) is 0 Å². The van der Waals surface area contributed by atoms with E-state index in [0.717, 1.165) is 66.5 Å². The van der Waals surface area contributed by atoms with Crippen LogP contribution < -0.4 is 31.9 Å². The van der Waals surface area contributed by atoms with E-state index < -0.39 is 88.5 Å². The molecule has 8 N–H and O–H groups in total. The summed E-state index contributed by atoms with van der Waals surface area (Å²) in [7, 11) is 0. The predicted molar refractivity (Wildman–Crippen MR) is 381 cm³/mol. The third kappa shape index (κ3) is 16.0. The van der Waals surface area contributed by atoms with E-state index in [4.69, 9.17) is 9.47 Å². The smallest absolute Gasteiger partial charge is 0.407 e. The van der Waals surface area contributed by atoms with Gasteiger partial charge in [0.25, 0.3) is 0 Å². The Morgan fingerprint density at radius 2 is 0.838 bits per heavy atom. The van der Waals surface area contributed by atoms with Gasteiger partial charge in [0.1, 0.15) is 41.9 Å². The molecule has 0 saturated carbocycles. The highest BCUT2D eigenvalue weighted by Gasteiger charge is 2.42. The van der Waals surface area contributed by atoms with Crippen LogP contribution in [0.1, 0.15) is 109 Å². The molecule has 0 spiro atoms. The molecule has 0 radical (unpaired) electrons. The lowest BCUT2D eigenvalue weighted by atomic mass is 9.77. The maximum Gasteiger partial charge on any atom is 0.407 e. The maximum atomic E-state index is 15.4. The molecule has 99 heavy (non-hydrogen) atoms. The number of amides is 6. The molecule has 1 aliphatic rings. The molecular formula is C82H81N7O10. The van der Waals surface area contributed by atoms with Crippen molar-refractivity contribution in [2.24, 2.45) is 0 Å². The Labute approximate surface area is 576 Å². The van der Waals surface area contributed by atoms with Gasteiger partial charge in [-0.1, -0.05) is 249 Å². The molecule has 0 saturated heterocycles. The Morgan fingerprint density at radius 1 is 0.455 bits per heavy atom. The Morgan fingerprint density at radius 3 is 1.27 bits per heavy atom. The van der Waals surface area contributed by atoms with Gasteiger partial charge in [0.2, 0.25) is 29.5 Å². The van der Waals surface area contributed by atoms with Crippen molar-refractivity contribution >= 4 is 52.5 Å². The number of H-pyrrole nitrogens is 1. The van der Waals surface area contributed by atoms with Crippen LogP contribution in [0.25, 0.3) is 22.0 Å². The van der Waals surface area contributed by atoms with E-state index in [9.17, 15) is 24.3 Å². The van der Waals surface area contributed by atoms with Crippen LogP contribution in [0.5, 0.6) is 0 Å². The lowest BCUT2D eigenvalue weighted by Crippen LogP contribution is -2.61. The number of aliphatic carboxylic acids is 1. The molecule has 0 bridgehead atoms. The highest BCUT2D eigenvalue weighted by atomic mass is 16.5. The fourth-order valence-corrected chi connectivity index (χ4v) is 13.5. The molecule has 6 amide bonds. The number of carboxylic acids is 1. The van der Waals surface area contributed by atoms with Crippen molar-refractivity contribution in [2.75, 3.05) is 6.61 Å². The van der Waals surface area contributed by atoms with E-state index in [0.29, 0.717) is 5.56 Å². The monoisotopic (exact) mass is 1320 g/mol. The van der Waals surface area contributed by atoms with E-state index in [1.165, 1.54) is 0 Å². The predicted octanol–water partition coefficient (Wildman–Crippen LogP) is 12.1. The lowest BCUT2D eigenvalue weighted by molar-refractivity contribution is -0.143. The summed E-state index contributed by atoms with van der Waals surface area (Å²) >= 11 is 0. The van der Waals surface area contributed by atoms with E-state index in [1.807, 2.05) is 255 Å². The molecule has 1 aliphatic carbocycles. The standard InChI is InChI=1S/C82H81N7O10/c1-54(99-80(2,3)4)74(77(94)85-71(51-55-52-83-68-46-28-27-41-62(55)68)76(93)84-70(78(95)96)48-50-73(91)89-82(59-35-17-8-18-36-59,60-37-19-9-20-38-60)61-39-21-10-22-40-61)87-75(92)69(86-79(97)98-53-67-65-44-25-23-42-63(65)64-43-24-26-45-66(64)67)47-49-72(90)88-81(56-29-11-5-12-30-56,57-31-13-6-14-32-57)58-33-15-7-16-34-58/h5-46,52,54,67,69-71,74,83H,47-51,53H2,1-4H3,(H,84,93)(H,85,94)(H,86,97)(H,87,92)(H,88,90)(H,89,91)(H,95,96)/t54-,69+,70+,71?,74+/m1/s1. The summed E-state index contributed by atoms with van der Waals surface area (Å²) in [6.07, 6.45) is -1.90. The molecule has 1 unspecified atom stereocenters. The van der Waals surface area contributed by atoms with Gasteiger partial charge in [0.05, 0.1) is 11.7 Å². The number of carbonyl (C=O) groups is 7. The number of rotatable bonds is 28. The number of nitrogens with one attached hydrogen (secondary N) is 7. The summed E-state index contributed by atoms with van der Waals surface area (Å²) in [6.45, 7) is 6.79. The van der Waals surface area contributed by atoms with Crippen LogP contribution in [-0.4, -0.2) is 94.2 Å². The number of benzene rings is 9. The number of aromatic nitrogens is 1. The molecule has 17 nitrogen and oxygen atoms in total. The zero-order valence-corrected chi connectivity index (χ0v) is 55.7. The molecule has 504 valence electrons. The van der Waals surface area contributed by atoms with Crippen molar-refractivity contribution < 1.29 is 48.1 Å². The molecular weight excluding hydrogens is 1240 g/mol. The molecule has 0 fully saturated rings. The minimum Gasteiger partial charge on any atom is -0.480 e. The zero-order valence-electron chi connectivity index (χ0n) is 55.7. The van der Waals surface area contributed by atoms with Gasteiger partial charge in [-0.25, -0.2) is 9.59 Å². The summed E-state index contributed by atoms with van der Waals surface area (Å²) < 4.78 is 12.4. The Hall–Kier alpha value is -11.4. The van der Waals surface area contributed by atoms with Crippen molar-refractivity contribution in [1.29, 1.82) is 0 Å². The molecule has 5 atom stereocenters. The molecule has 0 aliphatic heterocycles. The average molecular weight is 1320 g/mol. The second-order valence-electron chi connectivity index (χ2n) is 25.8. The van der Waals surface area contributed by atoms with E-state index in [-0.39, 0.29) is 44.6 Å². The average Bonchev–Trinajstić information content (AvgIpc) is 1.50. The number of para-hydroxylation sites is 1. The fraction of sp³-hybridized carbons (Fsp3) is 0.232. The second kappa shape index (κ2) is 31.2. The Kier molecular flexibility index (Phi) is 21.7. The van der Waals surface area contributed by atoms with E-state index in [2.05, 4.69) is 36.9 Å². The minimum absolute atomic E-state index is 0.1000. The molecule has 1 aromatic heterocycles. The first kappa shape index (κ1) is 68.9. The van der Waals surface area contributed by atoms with Crippen LogP contribution in [0.2, 0.25) is 0 Å². The van der Waals surface area contributed by atoms with Gasteiger partial charge >= 0.3 is 12.1 Å². The highest BCUT2D eigenvalue weighted by molar-refractivity contribution is 5.96. The summed E-state index contributed by atoms with van der Waals surface area (Å²) in [5, 5.41) is 29.2. The van der Waals surface area contributed by atoms with Crippen molar-refractivity contribution in [3.8, 4) is 11.1 Å². The SMILES string of the molecule is C[C@@H](OC(C)(C)C)[C@H](NC(=O)[C@H](CCC(=O)NC(c1ccccc1)(c1ccccc1)c1ccccc1)NC(=O)OCC1c2ccccc2-c2ccccc21)C(=O)NC(Cc1c[nH]c2ccccc12)C(=O)N[C@@H](CCC(=O)NC(c1ccccc1)(c1ccccc1)c1ccccc1)C(=O)O. The highest BCUT2D eigenvalue weighted by Crippen LogP contribution is 2.45. The number of aromatic amines is 1. The number of carbonyl (C=O) groups excluding carboxylic acids is 6. The third-order valence-electron chi connectivity index (χ3n) is 18.1. The van der Waals surface area contributed by atoms with Crippen LogP contribution in [0.4, 0.5) is 4.79 Å². The lowest BCUT2D eigenvalue weighted by Gasteiger charge is -2.37. The normalized spacial score (nSPS) is 13.6. The maximum absolute atomic E-state index is 15.4. The summed E-state index contributed by atoms with van der Waals surface area (Å²) in [4.78, 5) is 106. The number of carboxylic acid groups (broad SMARTS) is 1. The topological polar surface area (TPSA) is 246 Å². The van der Waals surface area contributed by atoms with Crippen LogP contribution in [0.15, 0.2) is 261 Å². The summed E-state index contributed by atoms with van der Waals surface area (Å²) in [5.41, 5.74) is 6.47. The Balaban J connectivity index is 0.873. The summed E-state index contributed by atoms with van der Waals surface area (Å²) in [6, 6.07) is 73.7. The van der Waals surface area contributed by atoms with Crippen molar-refractivity contribution in [3.05, 3.63) is 311 Å². The van der Waals surface area contributed by atoms with Crippen LogP contribution in [-0.2, 0) is 55.7 Å². The molecule has 11 rings (SSSR count). The van der Waals surface area contributed by atoms with Crippen LogP contribution >= 0.6 is 0 Å². The molecule has 1 heterocycles. The summed E-state index contributed by atoms with van der Waals surface area (Å²) in [5.74, 6) is -5.45. The molecule has 9 aromatic carbocycles. The van der Waals surface area contributed by atoms with Crippen LogP contribution in [0.3, 0.4) is 0 Å². The number of hydrogen-bond acceptors (Lipinski definition) is 9. The number of fused-ring (bicyclic) bond motifs is 4. The first-order valence-corrected chi connectivity index (χ1v) is 33.3. The van der Waals surface area contributed by atoms with E-state index >= 15 is 14.4 Å². The largest absolute Gasteiger partial charge is 0.480 e. The number of ether oxygens (including phenoxy) is 2. The molecule has 17 heteroatoms. The first-order chi connectivity index (χ1) is 47.9. The zero-order chi connectivity index (χ0) is 69.5. The fourth-order valence-electron chi connectivity index (χ4n) is 13.5. The second-order valence-corrected chi connectivity index (χ2v) is 25.8. The van der Waals surface area contributed by atoms with Crippen molar-refractivity contribution in [2.45, 2.75) is 113 Å². The van der Waals surface area contributed by atoms with Crippen molar-refractivity contribution in [3.63, 3.8) is 0 Å². The van der Waals surface area contributed by atoms with Gasteiger partial charge in [-0.3, -0.25) is 24.0 Å². The Bertz CT molecular complexity index is 4200. The van der Waals surface area contributed by atoms with Gasteiger partial charge < -0.3 is 51.5 Å². The first-order valence-electron chi connectivity index (χ1n) is 33.3. The minimum atomic E-state index is -1.64. The van der Waals surface area contributed by atoms with Crippen molar-refractivity contribution in [1.82, 2.24) is 36.9 Å². The van der Waals surface area contributed by atoms with Gasteiger partial charge in [-0.15, -0.1) is 0 Å². The van der Waals surface area contributed by atoms with E-state index in [1.54, 1.807) is 33.9 Å².